The Morgan fingerprint density at radius 3 is 2.65 bits per heavy atom. The Morgan fingerprint density at radius 1 is 1.47 bits per heavy atom. The zero-order chi connectivity index (χ0) is 12.9. The lowest BCUT2D eigenvalue weighted by Gasteiger charge is -2.27. The van der Waals surface area contributed by atoms with E-state index >= 15 is 0 Å². The molecule has 17 heavy (non-hydrogen) atoms. The van der Waals surface area contributed by atoms with Gasteiger partial charge >= 0.3 is 0 Å². The van der Waals surface area contributed by atoms with Crippen LogP contribution >= 0.6 is 0 Å². The maximum Gasteiger partial charge on any atom is 0.159 e. The van der Waals surface area contributed by atoms with Crippen LogP contribution in [0.1, 0.15) is 18.9 Å². The summed E-state index contributed by atoms with van der Waals surface area (Å²) < 4.78 is 10.1. The Kier molecular flexibility index (Phi) is 4.86. The number of methoxy groups -OCH3 is 2. The van der Waals surface area contributed by atoms with Crippen molar-refractivity contribution in [3.05, 3.63) is 24.0 Å². The molecule has 1 unspecified atom stereocenters. The second-order valence-corrected chi connectivity index (χ2v) is 4.35. The highest BCUT2D eigenvalue weighted by Crippen LogP contribution is 2.22. The summed E-state index contributed by atoms with van der Waals surface area (Å²) in [6.07, 6.45) is 3.64. The van der Waals surface area contributed by atoms with Crippen molar-refractivity contribution in [2.75, 3.05) is 20.0 Å². The van der Waals surface area contributed by atoms with E-state index in [-0.39, 0.29) is 0 Å². The van der Waals surface area contributed by atoms with Crippen LogP contribution in [0.4, 0.5) is 5.69 Å². The van der Waals surface area contributed by atoms with Crippen molar-refractivity contribution in [2.45, 2.75) is 31.7 Å². The van der Waals surface area contributed by atoms with E-state index in [9.17, 15) is 5.11 Å². The molecule has 3 N–H and O–H groups in total. The van der Waals surface area contributed by atoms with Crippen LogP contribution in [0.3, 0.4) is 0 Å². The molecule has 5 nitrogen and oxygen atoms in total. The number of rotatable bonds is 6. The molecule has 5 heteroatoms. The number of hydrogen-bond acceptors (Lipinski definition) is 5. The smallest absolute Gasteiger partial charge is 0.159 e. The van der Waals surface area contributed by atoms with E-state index in [4.69, 9.17) is 15.2 Å². The largest absolute Gasteiger partial charge is 0.398 e. The number of hydrogen-bond donors (Lipinski definition) is 2. The van der Waals surface area contributed by atoms with Gasteiger partial charge in [-0.1, -0.05) is 0 Å². The lowest BCUT2D eigenvalue weighted by molar-refractivity contribution is -0.139. The minimum Gasteiger partial charge on any atom is -0.398 e. The average molecular weight is 240 g/mol. The molecule has 96 valence electrons. The fraction of sp³-hybridized carbons (Fsp3) is 0.583. The highest BCUT2D eigenvalue weighted by molar-refractivity contribution is 5.44. The Bertz CT molecular complexity index is 351. The molecule has 0 saturated heterocycles. The first-order valence-electron chi connectivity index (χ1n) is 5.45. The van der Waals surface area contributed by atoms with Gasteiger partial charge in [0, 0.05) is 45.1 Å². The van der Waals surface area contributed by atoms with E-state index < -0.39 is 11.9 Å². The van der Waals surface area contributed by atoms with E-state index in [0.717, 1.165) is 5.56 Å². The Morgan fingerprint density at radius 2 is 2.12 bits per heavy atom. The fourth-order valence-corrected chi connectivity index (χ4v) is 1.69. The molecule has 0 fully saturated rings. The molecular formula is C12H20N2O3. The number of nitrogen functional groups attached to an aromatic ring is 1. The summed E-state index contributed by atoms with van der Waals surface area (Å²) >= 11 is 0. The van der Waals surface area contributed by atoms with E-state index in [1.165, 1.54) is 0 Å². The zero-order valence-electron chi connectivity index (χ0n) is 10.5. The molecule has 0 aromatic carbocycles. The molecule has 1 aromatic heterocycles. The summed E-state index contributed by atoms with van der Waals surface area (Å²) in [4.78, 5) is 4.00. The summed E-state index contributed by atoms with van der Waals surface area (Å²) in [6, 6.07) is 1.72. The number of pyridine rings is 1. The van der Waals surface area contributed by atoms with Crippen LogP contribution < -0.4 is 5.73 Å². The van der Waals surface area contributed by atoms with Gasteiger partial charge in [-0.25, -0.2) is 0 Å². The quantitative estimate of drug-likeness (QED) is 0.724. The standard InChI is InChI=1S/C12H20N2O3/c1-12(15,7-11(16-2)17-3)6-9-8-14-5-4-10(9)13/h4-5,8,11,15H,6-7H2,1-3H3,(H2,13,14). The highest BCUT2D eigenvalue weighted by atomic mass is 16.7. The van der Waals surface area contributed by atoms with Gasteiger partial charge in [0.05, 0.1) is 5.60 Å². The van der Waals surface area contributed by atoms with Crippen molar-refractivity contribution in [1.82, 2.24) is 4.98 Å². The van der Waals surface area contributed by atoms with Crippen molar-refractivity contribution in [2.24, 2.45) is 0 Å². The zero-order valence-corrected chi connectivity index (χ0v) is 10.5. The Balaban J connectivity index is 2.69. The van der Waals surface area contributed by atoms with Gasteiger partial charge in [-0.15, -0.1) is 0 Å². The minimum atomic E-state index is -0.951. The predicted molar refractivity (Wildman–Crippen MR) is 65.4 cm³/mol. The van der Waals surface area contributed by atoms with Crippen LogP contribution in [0.2, 0.25) is 0 Å². The van der Waals surface area contributed by atoms with Crippen LogP contribution in [0.5, 0.6) is 0 Å². The number of aliphatic hydroxyl groups is 1. The van der Waals surface area contributed by atoms with Crippen molar-refractivity contribution in [1.29, 1.82) is 0 Å². The molecule has 0 aliphatic rings. The molecule has 1 rings (SSSR count). The number of nitrogens with zero attached hydrogens (tertiary/aromatic N) is 1. The first kappa shape index (κ1) is 13.9. The molecule has 1 atom stereocenters. The normalized spacial score (nSPS) is 14.9. The fourth-order valence-electron chi connectivity index (χ4n) is 1.69. The van der Waals surface area contributed by atoms with Crippen LogP contribution in [-0.2, 0) is 15.9 Å². The Labute approximate surface area is 102 Å². The second kappa shape index (κ2) is 5.95. The average Bonchev–Trinajstić information content (AvgIpc) is 2.29. The number of aromatic nitrogens is 1. The predicted octanol–water partition coefficient (Wildman–Crippen LogP) is 0.966. The van der Waals surface area contributed by atoms with Crippen LogP contribution in [0.15, 0.2) is 18.5 Å². The molecule has 1 heterocycles. The number of nitrogens with two attached hydrogens (primary N) is 1. The summed E-state index contributed by atoms with van der Waals surface area (Å²) in [5.41, 5.74) is 6.31. The van der Waals surface area contributed by atoms with Crippen molar-refractivity contribution < 1.29 is 14.6 Å². The van der Waals surface area contributed by atoms with Gasteiger partial charge in [-0.2, -0.15) is 0 Å². The first-order chi connectivity index (χ1) is 7.98. The van der Waals surface area contributed by atoms with E-state index in [1.54, 1.807) is 39.6 Å². The van der Waals surface area contributed by atoms with Crippen molar-refractivity contribution in [3.8, 4) is 0 Å². The topological polar surface area (TPSA) is 77.6 Å². The van der Waals surface area contributed by atoms with Gasteiger partial charge in [-0.3, -0.25) is 4.98 Å². The van der Waals surface area contributed by atoms with Crippen molar-refractivity contribution >= 4 is 5.69 Å². The van der Waals surface area contributed by atoms with Crippen molar-refractivity contribution in [3.63, 3.8) is 0 Å². The van der Waals surface area contributed by atoms with Crippen LogP contribution in [0.25, 0.3) is 0 Å². The van der Waals surface area contributed by atoms with Gasteiger partial charge in [-0.05, 0) is 18.6 Å². The summed E-state index contributed by atoms with van der Waals surface area (Å²) in [5.74, 6) is 0. The minimum absolute atomic E-state index is 0.369. The second-order valence-electron chi connectivity index (χ2n) is 4.35. The summed E-state index contributed by atoms with van der Waals surface area (Å²) in [5, 5.41) is 10.3. The van der Waals surface area contributed by atoms with E-state index in [0.29, 0.717) is 18.5 Å². The van der Waals surface area contributed by atoms with E-state index in [1.807, 2.05) is 0 Å². The Hall–Kier alpha value is -1.17. The number of anilines is 1. The van der Waals surface area contributed by atoms with E-state index in [2.05, 4.69) is 4.98 Å². The molecule has 0 spiro atoms. The third-order valence-electron chi connectivity index (χ3n) is 2.64. The molecular weight excluding hydrogens is 220 g/mol. The lowest BCUT2D eigenvalue weighted by atomic mass is 9.93. The van der Waals surface area contributed by atoms with Gasteiger partial charge in [0.25, 0.3) is 0 Å². The maximum atomic E-state index is 10.3. The first-order valence-corrected chi connectivity index (χ1v) is 5.45. The molecule has 1 aromatic rings. The highest BCUT2D eigenvalue weighted by Gasteiger charge is 2.26. The van der Waals surface area contributed by atoms with Gasteiger partial charge in [0.2, 0.25) is 0 Å². The molecule has 0 amide bonds. The molecule has 0 radical (unpaired) electrons. The van der Waals surface area contributed by atoms with Crippen LogP contribution in [-0.4, -0.2) is 36.2 Å². The van der Waals surface area contributed by atoms with Gasteiger partial charge < -0.3 is 20.3 Å². The monoisotopic (exact) mass is 240 g/mol. The summed E-state index contributed by atoms with van der Waals surface area (Å²) in [7, 11) is 3.09. The molecule has 0 saturated carbocycles. The number of ether oxygens (including phenoxy) is 2. The third kappa shape index (κ3) is 4.30. The third-order valence-corrected chi connectivity index (χ3v) is 2.64. The SMILES string of the molecule is COC(CC(C)(O)Cc1cnccc1N)OC. The maximum absolute atomic E-state index is 10.3. The van der Waals surface area contributed by atoms with Gasteiger partial charge in [0.15, 0.2) is 6.29 Å². The lowest BCUT2D eigenvalue weighted by Crippen LogP contribution is -2.34. The van der Waals surface area contributed by atoms with Crippen LogP contribution in [0, 0.1) is 0 Å². The summed E-state index contributed by atoms with van der Waals surface area (Å²) in [6.45, 7) is 1.73. The molecule has 0 bridgehead atoms. The molecule has 0 aliphatic carbocycles. The molecule has 0 aliphatic heterocycles. The van der Waals surface area contributed by atoms with Gasteiger partial charge in [0.1, 0.15) is 0 Å².